The first-order valence-corrected chi connectivity index (χ1v) is 16.7. The van der Waals surface area contributed by atoms with Gasteiger partial charge in [0.1, 0.15) is 35.6 Å². The zero-order chi connectivity index (χ0) is 33.2. The van der Waals surface area contributed by atoms with Crippen molar-refractivity contribution in [3.8, 4) is 0 Å². The standard InChI is InChI=1S/C34H52O12/c1-18(2)20-8-10-31(4)14-22-21(9-11-33(22,38)16-40-7)19(3)25(36)27(24(20)31)43-29-26(37)28-34(23(42-29)15-39-6)45-30(44-28)32(5,46-34)12-13-41-17-35/h14,17-19,21,23,25-30,36-38H,8-13,15-16H2,1-7H3/b22-14+/t19-,21+,23+,25-,26-,27-,28-,29-,30+,31-,32+,33+,34-/m1/s1. The third-order valence-corrected chi connectivity index (χ3v) is 11.6. The average molecular weight is 653 g/mol. The molecule has 2 bridgehead atoms. The van der Waals surface area contributed by atoms with Crippen molar-refractivity contribution in [3.63, 3.8) is 0 Å². The Kier molecular flexibility index (Phi) is 9.32. The highest BCUT2D eigenvalue weighted by Gasteiger charge is 2.74. The van der Waals surface area contributed by atoms with Gasteiger partial charge < -0.3 is 53.2 Å². The van der Waals surface area contributed by atoms with Crippen molar-refractivity contribution < 1.29 is 58.0 Å². The van der Waals surface area contributed by atoms with Gasteiger partial charge in [-0.3, -0.25) is 4.79 Å². The van der Waals surface area contributed by atoms with E-state index in [1.54, 1.807) is 14.0 Å². The lowest BCUT2D eigenvalue weighted by atomic mass is 9.68. The first-order chi connectivity index (χ1) is 21.8. The van der Waals surface area contributed by atoms with Gasteiger partial charge in [-0.05, 0) is 61.5 Å². The number of rotatable bonds is 11. The Morgan fingerprint density at radius 3 is 2.54 bits per heavy atom. The first-order valence-electron chi connectivity index (χ1n) is 16.7. The zero-order valence-corrected chi connectivity index (χ0v) is 28.1. The van der Waals surface area contributed by atoms with Gasteiger partial charge in [0.05, 0.1) is 25.9 Å². The number of allylic oxidation sites excluding steroid dienone is 2. The second kappa shape index (κ2) is 12.5. The summed E-state index contributed by atoms with van der Waals surface area (Å²) in [5.41, 5.74) is 0.570. The summed E-state index contributed by atoms with van der Waals surface area (Å²) < 4.78 is 48.2. The molecule has 0 aromatic carbocycles. The Hall–Kier alpha value is -1.45. The van der Waals surface area contributed by atoms with Gasteiger partial charge in [-0.1, -0.05) is 39.3 Å². The third kappa shape index (κ3) is 5.32. The Balaban J connectivity index is 1.34. The Morgan fingerprint density at radius 2 is 1.87 bits per heavy atom. The van der Waals surface area contributed by atoms with Gasteiger partial charge in [0, 0.05) is 26.1 Å². The lowest BCUT2D eigenvalue weighted by molar-refractivity contribution is -0.385. The summed E-state index contributed by atoms with van der Waals surface area (Å²) in [7, 11) is 3.14. The molecule has 13 atom stereocenters. The number of carbonyl (C=O) groups excluding carboxylic acids is 1. The minimum absolute atomic E-state index is 0.0631. The summed E-state index contributed by atoms with van der Waals surface area (Å²) in [6.45, 7) is 11.0. The second-order valence-electron chi connectivity index (χ2n) is 14.9. The van der Waals surface area contributed by atoms with Crippen molar-refractivity contribution in [2.24, 2.45) is 23.2 Å². The van der Waals surface area contributed by atoms with Crippen molar-refractivity contribution in [3.05, 3.63) is 22.8 Å². The predicted molar refractivity (Wildman–Crippen MR) is 162 cm³/mol. The highest BCUT2D eigenvalue weighted by molar-refractivity contribution is 5.43. The summed E-state index contributed by atoms with van der Waals surface area (Å²) in [5, 5.41) is 35.8. The van der Waals surface area contributed by atoms with Crippen LogP contribution < -0.4 is 0 Å². The van der Waals surface area contributed by atoms with E-state index in [-0.39, 0.29) is 37.6 Å². The lowest BCUT2D eigenvalue weighted by Crippen LogP contribution is -2.69. The number of methoxy groups -OCH3 is 2. The van der Waals surface area contributed by atoms with Crippen LogP contribution in [0, 0.1) is 23.2 Å². The summed E-state index contributed by atoms with van der Waals surface area (Å²) in [4.78, 5) is 10.7. The molecule has 3 N–H and O–H groups in total. The van der Waals surface area contributed by atoms with E-state index in [4.69, 9.17) is 37.9 Å². The fourth-order valence-electron chi connectivity index (χ4n) is 9.10. The zero-order valence-electron chi connectivity index (χ0n) is 28.1. The summed E-state index contributed by atoms with van der Waals surface area (Å²) in [5.74, 6) is -1.62. The molecule has 46 heavy (non-hydrogen) atoms. The predicted octanol–water partition coefficient (Wildman–Crippen LogP) is 2.37. The van der Waals surface area contributed by atoms with E-state index < -0.39 is 65.5 Å². The third-order valence-electron chi connectivity index (χ3n) is 11.6. The maximum Gasteiger partial charge on any atom is 0.293 e. The molecule has 0 aromatic rings. The van der Waals surface area contributed by atoms with Crippen molar-refractivity contribution >= 4 is 6.47 Å². The molecule has 4 fully saturated rings. The van der Waals surface area contributed by atoms with Gasteiger partial charge in [0.2, 0.25) is 5.79 Å². The number of aliphatic hydroxyl groups excluding tert-OH is 2. The van der Waals surface area contributed by atoms with Gasteiger partial charge >= 0.3 is 0 Å². The van der Waals surface area contributed by atoms with Crippen LogP contribution in [0.5, 0.6) is 0 Å². The molecule has 0 unspecified atom stereocenters. The van der Waals surface area contributed by atoms with Crippen LogP contribution in [0.3, 0.4) is 0 Å². The van der Waals surface area contributed by atoms with Crippen LogP contribution >= 0.6 is 0 Å². The number of hydrogen-bond acceptors (Lipinski definition) is 12. The molecular weight excluding hydrogens is 600 g/mol. The fraction of sp³-hybridized carbons (Fsp3) is 0.853. The maximum atomic E-state index is 12.2. The van der Waals surface area contributed by atoms with Crippen LogP contribution in [0.15, 0.2) is 22.8 Å². The molecule has 12 heteroatoms. The highest BCUT2D eigenvalue weighted by atomic mass is 16.9. The van der Waals surface area contributed by atoms with Crippen LogP contribution in [-0.2, 0) is 42.7 Å². The van der Waals surface area contributed by atoms with Crippen LogP contribution in [0.25, 0.3) is 0 Å². The molecule has 1 spiro atoms. The molecule has 6 rings (SSSR count). The molecule has 6 aliphatic rings. The van der Waals surface area contributed by atoms with Crippen molar-refractivity contribution in [2.75, 3.05) is 34.0 Å². The van der Waals surface area contributed by atoms with Crippen LogP contribution in [0.1, 0.15) is 66.7 Å². The fourth-order valence-corrected chi connectivity index (χ4v) is 9.10. The van der Waals surface area contributed by atoms with Crippen molar-refractivity contribution in [1.29, 1.82) is 0 Å². The Morgan fingerprint density at radius 1 is 1.11 bits per heavy atom. The molecular formula is C34H52O12. The Bertz CT molecular complexity index is 1220. The number of hydrogen-bond donors (Lipinski definition) is 3. The van der Waals surface area contributed by atoms with E-state index in [1.807, 2.05) is 6.92 Å². The van der Waals surface area contributed by atoms with E-state index >= 15 is 0 Å². The molecule has 1 saturated carbocycles. The minimum atomic E-state index is -1.47. The number of fused-ring (bicyclic) bond motifs is 3. The molecule has 3 aliphatic carbocycles. The molecule has 3 aliphatic heterocycles. The molecule has 3 heterocycles. The van der Waals surface area contributed by atoms with Crippen LogP contribution in [-0.4, -0.2) is 116 Å². The molecule has 0 aromatic heterocycles. The summed E-state index contributed by atoms with van der Waals surface area (Å²) in [6, 6.07) is 0. The lowest BCUT2D eigenvalue weighted by Gasteiger charge is -2.50. The van der Waals surface area contributed by atoms with Gasteiger partial charge in [0.15, 0.2) is 12.6 Å². The van der Waals surface area contributed by atoms with Crippen molar-refractivity contribution in [1.82, 2.24) is 0 Å². The number of ether oxygens (including phenoxy) is 8. The normalized spacial score (nSPS) is 49.3. The number of carbonyl (C=O) groups is 1. The number of aliphatic hydroxyl groups is 3. The molecule has 0 radical (unpaired) electrons. The first kappa shape index (κ1) is 34.4. The van der Waals surface area contributed by atoms with Gasteiger partial charge in [-0.15, -0.1) is 0 Å². The average Bonchev–Trinajstić information content (AvgIpc) is 3.72. The van der Waals surface area contributed by atoms with E-state index in [1.165, 1.54) is 12.7 Å². The molecule has 3 saturated heterocycles. The quantitative estimate of drug-likeness (QED) is 0.171. The summed E-state index contributed by atoms with van der Waals surface area (Å²) >= 11 is 0. The van der Waals surface area contributed by atoms with E-state index in [9.17, 15) is 20.1 Å². The van der Waals surface area contributed by atoms with Gasteiger partial charge in [-0.25, -0.2) is 0 Å². The maximum absolute atomic E-state index is 12.2. The monoisotopic (exact) mass is 652 g/mol. The largest absolute Gasteiger partial charge is 0.468 e. The Labute approximate surface area is 271 Å². The van der Waals surface area contributed by atoms with E-state index in [0.717, 1.165) is 24.0 Å². The summed E-state index contributed by atoms with van der Waals surface area (Å²) in [6.07, 6.45) is -1.46. The smallest absolute Gasteiger partial charge is 0.293 e. The minimum Gasteiger partial charge on any atom is -0.468 e. The van der Waals surface area contributed by atoms with Gasteiger partial charge in [0.25, 0.3) is 6.47 Å². The highest BCUT2D eigenvalue weighted by Crippen LogP contribution is 2.58. The van der Waals surface area contributed by atoms with Crippen LogP contribution in [0.4, 0.5) is 0 Å². The van der Waals surface area contributed by atoms with Crippen molar-refractivity contribution in [2.45, 2.75) is 127 Å². The van der Waals surface area contributed by atoms with Gasteiger partial charge in [-0.2, -0.15) is 0 Å². The van der Waals surface area contributed by atoms with Crippen LogP contribution in [0.2, 0.25) is 0 Å². The SMILES string of the molecule is COC[C@@H]1O[C@H](O[C@@H]2C3=C(C(C)C)CC[C@]3(C)/C=C3\[C@@H](CC[C@]3(O)COC)[C@@H](C)[C@H]2O)[C@H](O)[C@H]2O[C@H]3O[C@@]12O[C@@]3(C)CCOC=O. The molecule has 12 nitrogen and oxygen atoms in total. The topological polar surface area (TPSA) is 152 Å². The second-order valence-corrected chi connectivity index (χ2v) is 14.9. The molecule has 0 amide bonds. The van der Waals surface area contributed by atoms with E-state index in [0.29, 0.717) is 25.7 Å². The molecule has 260 valence electrons. The van der Waals surface area contributed by atoms with E-state index in [2.05, 4.69) is 26.8 Å².